The summed E-state index contributed by atoms with van der Waals surface area (Å²) in [5.74, 6) is 1.62. The van der Waals surface area contributed by atoms with Crippen molar-refractivity contribution in [1.29, 1.82) is 0 Å². The summed E-state index contributed by atoms with van der Waals surface area (Å²) < 4.78 is 16.5. The molecular formula is C24H26N2O4. The van der Waals surface area contributed by atoms with E-state index in [9.17, 15) is 4.79 Å². The van der Waals surface area contributed by atoms with E-state index in [0.717, 1.165) is 17.0 Å². The molecular weight excluding hydrogens is 380 g/mol. The van der Waals surface area contributed by atoms with Crippen molar-refractivity contribution in [3.63, 3.8) is 0 Å². The van der Waals surface area contributed by atoms with Crippen LogP contribution in [0.3, 0.4) is 0 Å². The molecule has 0 aromatic heterocycles. The van der Waals surface area contributed by atoms with E-state index in [0.29, 0.717) is 30.3 Å². The zero-order valence-corrected chi connectivity index (χ0v) is 17.2. The second-order valence-electron chi connectivity index (χ2n) is 6.50. The van der Waals surface area contributed by atoms with Gasteiger partial charge in [0.25, 0.3) is 5.91 Å². The van der Waals surface area contributed by atoms with Crippen molar-refractivity contribution < 1.29 is 19.0 Å². The third kappa shape index (κ3) is 6.17. The fourth-order valence-corrected chi connectivity index (χ4v) is 2.82. The van der Waals surface area contributed by atoms with Gasteiger partial charge in [0, 0.05) is 17.9 Å². The fourth-order valence-electron chi connectivity index (χ4n) is 2.82. The Kier molecular flexibility index (Phi) is 7.55. The first-order valence-corrected chi connectivity index (χ1v) is 9.79. The van der Waals surface area contributed by atoms with Gasteiger partial charge in [0.05, 0.1) is 13.7 Å². The standard InChI is InChI=1S/C24H26N2O4/c1-3-29-23-15-18(16-25-19-7-5-4-6-8-19)9-14-22(23)30-17-24(27)26-20-10-12-21(28-2)13-11-20/h4-15,25H,3,16-17H2,1-2H3,(H,26,27). The Bertz CT molecular complexity index is 943. The third-order valence-electron chi connectivity index (χ3n) is 4.31. The maximum absolute atomic E-state index is 12.2. The Morgan fingerprint density at radius 2 is 1.63 bits per heavy atom. The number of benzene rings is 3. The van der Waals surface area contributed by atoms with Gasteiger partial charge in [-0.15, -0.1) is 0 Å². The van der Waals surface area contributed by atoms with E-state index in [4.69, 9.17) is 14.2 Å². The molecule has 0 saturated carbocycles. The molecule has 156 valence electrons. The zero-order chi connectivity index (χ0) is 21.2. The highest BCUT2D eigenvalue weighted by Gasteiger charge is 2.10. The molecule has 0 fully saturated rings. The summed E-state index contributed by atoms with van der Waals surface area (Å²) in [4.78, 5) is 12.2. The van der Waals surface area contributed by atoms with E-state index in [-0.39, 0.29) is 12.5 Å². The van der Waals surface area contributed by atoms with E-state index >= 15 is 0 Å². The number of anilines is 2. The molecule has 30 heavy (non-hydrogen) atoms. The van der Waals surface area contributed by atoms with Gasteiger partial charge in [-0.25, -0.2) is 0 Å². The van der Waals surface area contributed by atoms with Gasteiger partial charge in [-0.05, 0) is 61.0 Å². The summed E-state index contributed by atoms with van der Waals surface area (Å²) in [6.45, 7) is 2.95. The van der Waals surface area contributed by atoms with Gasteiger partial charge in [0.2, 0.25) is 0 Å². The van der Waals surface area contributed by atoms with E-state index in [1.165, 1.54) is 0 Å². The largest absolute Gasteiger partial charge is 0.497 e. The molecule has 0 bridgehead atoms. The highest BCUT2D eigenvalue weighted by atomic mass is 16.5. The molecule has 0 heterocycles. The number of rotatable bonds is 10. The number of methoxy groups -OCH3 is 1. The average molecular weight is 406 g/mol. The van der Waals surface area contributed by atoms with E-state index < -0.39 is 0 Å². The van der Waals surface area contributed by atoms with Gasteiger partial charge in [-0.1, -0.05) is 24.3 Å². The van der Waals surface area contributed by atoms with Crippen molar-refractivity contribution in [2.45, 2.75) is 13.5 Å². The van der Waals surface area contributed by atoms with Crippen molar-refractivity contribution >= 4 is 17.3 Å². The minimum Gasteiger partial charge on any atom is -0.497 e. The monoisotopic (exact) mass is 406 g/mol. The molecule has 3 aromatic rings. The Morgan fingerprint density at radius 3 is 2.33 bits per heavy atom. The molecule has 3 rings (SSSR count). The molecule has 0 aliphatic rings. The Labute approximate surface area is 176 Å². The van der Waals surface area contributed by atoms with Gasteiger partial charge in [0.15, 0.2) is 18.1 Å². The molecule has 0 atom stereocenters. The smallest absolute Gasteiger partial charge is 0.262 e. The van der Waals surface area contributed by atoms with Crippen molar-refractivity contribution in [2.24, 2.45) is 0 Å². The number of hydrogen-bond acceptors (Lipinski definition) is 5. The predicted octanol–water partition coefficient (Wildman–Crippen LogP) is 4.72. The van der Waals surface area contributed by atoms with Crippen molar-refractivity contribution in [2.75, 3.05) is 31.0 Å². The summed E-state index contributed by atoms with van der Waals surface area (Å²) >= 11 is 0. The first-order chi connectivity index (χ1) is 14.7. The summed E-state index contributed by atoms with van der Waals surface area (Å²) in [5.41, 5.74) is 2.78. The second kappa shape index (κ2) is 10.8. The second-order valence-corrected chi connectivity index (χ2v) is 6.50. The van der Waals surface area contributed by atoms with Crippen LogP contribution in [0, 0.1) is 0 Å². The van der Waals surface area contributed by atoms with Crippen molar-refractivity contribution in [3.05, 3.63) is 78.4 Å². The van der Waals surface area contributed by atoms with Crippen LogP contribution in [-0.4, -0.2) is 26.2 Å². The summed E-state index contributed by atoms with van der Waals surface area (Å²) in [7, 11) is 1.60. The number of carbonyl (C=O) groups is 1. The van der Waals surface area contributed by atoms with Gasteiger partial charge in [0.1, 0.15) is 5.75 Å². The van der Waals surface area contributed by atoms with Crippen LogP contribution in [-0.2, 0) is 11.3 Å². The highest BCUT2D eigenvalue weighted by Crippen LogP contribution is 2.29. The molecule has 0 aliphatic carbocycles. The van der Waals surface area contributed by atoms with E-state index in [2.05, 4.69) is 10.6 Å². The first-order valence-electron chi connectivity index (χ1n) is 9.79. The topological polar surface area (TPSA) is 68.8 Å². The molecule has 6 nitrogen and oxygen atoms in total. The molecule has 0 spiro atoms. The van der Waals surface area contributed by atoms with Crippen LogP contribution in [0.15, 0.2) is 72.8 Å². The van der Waals surface area contributed by atoms with E-state index in [1.807, 2.05) is 55.5 Å². The zero-order valence-electron chi connectivity index (χ0n) is 17.2. The predicted molar refractivity (Wildman–Crippen MR) is 118 cm³/mol. The molecule has 3 aromatic carbocycles. The first kappa shape index (κ1) is 21.0. The SMILES string of the molecule is CCOc1cc(CNc2ccccc2)ccc1OCC(=O)Nc1ccc(OC)cc1. The number of amides is 1. The minimum absolute atomic E-state index is 0.117. The maximum atomic E-state index is 12.2. The number of ether oxygens (including phenoxy) is 3. The van der Waals surface area contributed by atoms with Crippen LogP contribution < -0.4 is 24.8 Å². The summed E-state index contributed by atoms with van der Waals surface area (Å²) in [5, 5.41) is 6.16. The number of hydrogen-bond donors (Lipinski definition) is 2. The number of nitrogens with one attached hydrogen (secondary N) is 2. The van der Waals surface area contributed by atoms with Crippen LogP contribution in [0.2, 0.25) is 0 Å². The van der Waals surface area contributed by atoms with Crippen LogP contribution in [0.25, 0.3) is 0 Å². The lowest BCUT2D eigenvalue weighted by atomic mass is 10.2. The van der Waals surface area contributed by atoms with Gasteiger partial charge in [-0.3, -0.25) is 4.79 Å². The van der Waals surface area contributed by atoms with Gasteiger partial charge in [-0.2, -0.15) is 0 Å². The van der Waals surface area contributed by atoms with Crippen molar-refractivity contribution in [1.82, 2.24) is 0 Å². The van der Waals surface area contributed by atoms with Gasteiger partial charge >= 0.3 is 0 Å². The van der Waals surface area contributed by atoms with Crippen LogP contribution in [0.4, 0.5) is 11.4 Å². The maximum Gasteiger partial charge on any atom is 0.262 e. The lowest BCUT2D eigenvalue weighted by Gasteiger charge is -2.14. The third-order valence-corrected chi connectivity index (χ3v) is 4.31. The Morgan fingerprint density at radius 1 is 0.867 bits per heavy atom. The fraction of sp³-hybridized carbons (Fsp3) is 0.208. The summed E-state index contributed by atoms with van der Waals surface area (Å²) in [6.07, 6.45) is 0. The summed E-state index contributed by atoms with van der Waals surface area (Å²) in [6, 6.07) is 22.8. The molecule has 1 amide bonds. The molecule has 2 N–H and O–H groups in total. The lowest BCUT2D eigenvalue weighted by molar-refractivity contribution is -0.118. The molecule has 6 heteroatoms. The van der Waals surface area contributed by atoms with Crippen LogP contribution in [0.1, 0.15) is 12.5 Å². The quantitative estimate of drug-likeness (QED) is 0.510. The van der Waals surface area contributed by atoms with Crippen LogP contribution in [0.5, 0.6) is 17.2 Å². The minimum atomic E-state index is -0.252. The lowest BCUT2D eigenvalue weighted by Crippen LogP contribution is -2.20. The van der Waals surface area contributed by atoms with E-state index in [1.54, 1.807) is 31.4 Å². The highest BCUT2D eigenvalue weighted by molar-refractivity contribution is 5.91. The number of para-hydroxylation sites is 1. The molecule has 0 radical (unpaired) electrons. The van der Waals surface area contributed by atoms with Crippen molar-refractivity contribution in [3.8, 4) is 17.2 Å². The molecule has 0 aliphatic heterocycles. The van der Waals surface area contributed by atoms with Crippen LogP contribution >= 0.6 is 0 Å². The normalized spacial score (nSPS) is 10.2. The Balaban J connectivity index is 1.57. The Hall–Kier alpha value is -3.67. The molecule has 0 unspecified atom stereocenters. The number of carbonyl (C=O) groups excluding carboxylic acids is 1. The average Bonchev–Trinajstić information content (AvgIpc) is 2.78. The molecule has 0 saturated heterocycles. The van der Waals surface area contributed by atoms with Gasteiger partial charge < -0.3 is 24.8 Å².